The van der Waals surface area contributed by atoms with Crippen LogP contribution in [0.5, 0.6) is 0 Å². The van der Waals surface area contributed by atoms with E-state index in [1.807, 2.05) is 0 Å². The summed E-state index contributed by atoms with van der Waals surface area (Å²) >= 11 is 5.80. The fourth-order valence-electron chi connectivity index (χ4n) is 1.19. The van der Waals surface area contributed by atoms with E-state index >= 15 is 0 Å². The van der Waals surface area contributed by atoms with Gasteiger partial charge >= 0.3 is 0 Å². The molecule has 0 aliphatic carbocycles. The molecule has 1 aromatic rings. The van der Waals surface area contributed by atoms with Gasteiger partial charge in [-0.1, -0.05) is 25.4 Å². The first-order chi connectivity index (χ1) is 7.00. The third kappa shape index (κ3) is 3.80. The van der Waals surface area contributed by atoms with E-state index in [1.165, 1.54) is 6.07 Å². The minimum absolute atomic E-state index is 0.206. The first-order valence-corrected chi connectivity index (χ1v) is 5.56. The molecule has 1 unspecified atom stereocenters. The second kappa shape index (κ2) is 5.47. The highest BCUT2D eigenvalue weighted by atomic mass is 35.5. The van der Waals surface area contributed by atoms with Gasteiger partial charge in [0.15, 0.2) is 0 Å². The number of rotatable bonds is 4. The highest BCUT2D eigenvalue weighted by Gasteiger charge is 2.08. The Kier molecular flexibility index (Phi) is 4.55. The molecular formula is C12H17ClFN. The molecule has 1 N–H and O–H groups in total. The minimum atomic E-state index is -0.206. The molecule has 1 atom stereocenters. The van der Waals surface area contributed by atoms with Crippen LogP contribution in [0.2, 0.25) is 5.02 Å². The first kappa shape index (κ1) is 12.5. The third-order valence-electron chi connectivity index (χ3n) is 2.62. The summed E-state index contributed by atoms with van der Waals surface area (Å²) in [5.41, 5.74) is 0.620. The Morgan fingerprint density at radius 2 is 2.00 bits per heavy atom. The van der Waals surface area contributed by atoms with Crippen LogP contribution in [0, 0.1) is 11.7 Å². The van der Waals surface area contributed by atoms with Gasteiger partial charge in [0, 0.05) is 23.2 Å². The summed E-state index contributed by atoms with van der Waals surface area (Å²) in [7, 11) is 0. The summed E-state index contributed by atoms with van der Waals surface area (Å²) in [6.45, 7) is 6.87. The van der Waals surface area contributed by atoms with Crippen LogP contribution < -0.4 is 5.32 Å². The van der Waals surface area contributed by atoms with Gasteiger partial charge in [-0.15, -0.1) is 0 Å². The average Bonchev–Trinajstić information content (AvgIpc) is 2.18. The molecule has 0 saturated heterocycles. The molecule has 1 nitrogen and oxygen atoms in total. The van der Waals surface area contributed by atoms with Crippen LogP contribution in [-0.2, 0) is 6.54 Å². The quantitative estimate of drug-likeness (QED) is 0.832. The van der Waals surface area contributed by atoms with Crippen molar-refractivity contribution < 1.29 is 4.39 Å². The molecule has 1 rings (SSSR count). The maximum Gasteiger partial charge on any atom is 0.127 e. The van der Waals surface area contributed by atoms with Crippen molar-refractivity contribution >= 4 is 11.6 Å². The molecular weight excluding hydrogens is 213 g/mol. The number of benzene rings is 1. The Hall–Kier alpha value is -0.600. The average molecular weight is 230 g/mol. The zero-order valence-corrected chi connectivity index (χ0v) is 10.1. The fourth-order valence-corrected chi connectivity index (χ4v) is 1.38. The normalized spacial score (nSPS) is 13.2. The van der Waals surface area contributed by atoms with Crippen molar-refractivity contribution in [3.8, 4) is 0 Å². The molecule has 15 heavy (non-hydrogen) atoms. The number of hydrogen-bond donors (Lipinski definition) is 1. The second-order valence-corrected chi connectivity index (χ2v) is 4.59. The molecule has 0 amide bonds. The summed E-state index contributed by atoms with van der Waals surface area (Å²) in [5, 5.41) is 3.84. The zero-order valence-electron chi connectivity index (χ0n) is 9.35. The second-order valence-electron chi connectivity index (χ2n) is 4.15. The molecule has 0 fully saturated rings. The lowest BCUT2D eigenvalue weighted by Gasteiger charge is -2.17. The Morgan fingerprint density at radius 1 is 1.33 bits per heavy atom. The van der Waals surface area contributed by atoms with E-state index in [2.05, 4.69) is 26.1 Å². The van der Waals surface area contributed by atoms with Crippen molar-refractivity contribution in [1.82, 2.24) is 5.32 Å². The van der Waals surface area contributed by atoms with Crippen molar-refractivity contribution in [2.75, 3.05) is 0 Å². The van der Waals surface area contributed by atoms with E-state index in [4.69, 9.17) is 11.6 Å². The molecule has 0 bridgehead atoms. The van der Waals surface area contributed by atoms with Crippen LogP contribution >= 0.6 is 11.6 Å². The predicted molar refractivity (Wildman–Crippen MR) is 62.5 cm³/mol. The fraction of sp³-hybridized carbons (Fsp3) is 0.500. The largest absolute Gasteiger partial charge is 0.310 e. The molecule has 1 aromatic carbocycles. The van der Waals surface area contributed by atoms with Crippen molar-refractivity contribution in [1.29, 1.82) is 0 Å². The van der Waals surface area contributed by atoms with Crippen molar-refractivity contribution in [3.05, 3.63) is 34.6 Å². The highest BCUT2D eigenvalue weighted by Crippen LogP contribution is 2.15. The van der Waals surface area contributed by atoms with Gasteiger partial charge in [0.05, 0.1) is 0 Å². The monoisotopic (exact) mass is 229 g/mol. The SMILES string of the molecule is CC(C)C(C)NCc1cc(Cl)ccc1F. The van der Waals surface area contributed by atoms with Gasteiger partial charge in [-0.2, -0.15) is 0 Å². The summed E-state index contributed by atoms with van der Waals surface area (Å²) in [4.78, 5) is 0. The Labute approximate surface area is 95.6 Å². The van der Waals surface area contributed by atoms with E-state index in [9.17, 15) is 4.39 Å². The van der Waals surface area contributed by atoms with Crippen LogP contribution in [0.25, 0.3) is 0 Å². The van der Waals surface area contributed by atoms with Crippen LogP contribution in [0.1, 0.15) is 26.3 Å². The summed E-state index contributed by atoms with van der Waals surface area (Å²) in [6, 6.07) is 4.99. The van der Waals surface area contributed by atoms with E-state index < -0.39 is 0 Å². The lowest BCUT2D eigenvalue weighted by atomic mass is 10.1. The molecule has 3 heteroatoms. The third-order valence-corrected chi connectivity index (χ3v) is 2.86. The molecule has 0 aliphatic heterocycles. The maximum atomic E-state index is 13.3. The van der Waals surface area contributed by atoms with Gasteiger partial charge in [-0.25, -0.2) is 4.39 Å². The van der Waals surface area contributed by atoms with Gasteiger partial charge in [0.25, 0.3) is 0 Å². The molecule has 0 saturated carbocycles. The summed E-state index contributed by atoms with van der Waals surface area (Å²) < 4.78 is 13.3. The zero-order chi connectivity index (χ0) is 11.4. The molecule has 0 spiro atoms. The number of hydrogen-bond acceptors (Lipinski definition) is 1. The van der Waals surface area contributed by atoms with Gasteiger partial charge in [-0.05, 0) is 31.0 Å². The van der Waals surface area contributed by atoms with E-state index in [0.29, 0.717) is 29.1 Å². The summed E-state index contributed by atoms with van der Waals surface area (Å²) in [5.74, 6) is 0.329. The standard InChI is InChI=1S/C12H17ClFN/c1-8(2)9(3)15-7-10-6-11(13)4-5-12(10)14/h4-6,8-9,15H,7H2,1-3H3. The smallest absolute Gasteiger partial charge is 0.127 e. The molecule has 0 aliphatic rings. The molecule has 0 radical (unpaired) electrons. The minimum Gasteiger partial charge on any atom is -0.310 e. The molecule has 0 heterocycles. The van der Waals surface area contributed by atoms with Gasteiger partial charge < -0.3 is 5.32 Å². The van der Waals surface area contributed by atoms with Gasteiger partial charge in [0.2, 0.25) is 0 Å². The van der Waals surface area contributed by atoms with Crippen LogP contribution in [0.15, 0.2) is 18.2 Å². The Morgan fingerprint density at radius 3 is 2.60 bits per heavy atom. The van der Waals surface area contributed by atoms with Crippen LogP contribution in [0.3, 0.4) is 0 Å². The number of halogens is 2. The van der Waals surface area contributed by atoms with Crippen LogP contribution in [-0.4, -0.2) is 6.04 Å². The van der Waals surface area contributed by atoms with Crippen molar-refractivity contribution in [2.45, 2.75) is 33.4 Å². The van der Waals surface area contributed by atoms with E-state index in [0.717, 1.165) is 0 Å². The number of nitrogens with one attached hydrogen (secondary N) is 1. The van der Waals surface area contributed by atoms with Gasteiger partial charge in [0.1, 0.15) is 5.82 Å². The van der Waals surface area contributed by atoms with E-state index in [1.54, 1.807) is 12.1 Å². The van der Waals surface area contributed by atoms with Crippen molar-refractivity contribution in [2.24, 2.45) is 5.92 Å². The molecule has 0 aromatic heterocycles. The van der Waals surface area contributed by atoms with Gasteiger partial charge in [-0.3, -0.25) is 0 Å². The molecule has 84 valence electrons. The lowest BCUT2D eigenvalue weighted by Crippen LogP contribution is -2.30. The lowest BCUT2D eigenvalue weighted by molar-refractivity contribution is 0.421. The van der Waals surface area contributed by atoms with E-state index in [-0.39, 0.29) is 5.82 Å². The highest BCUT2D eigenvalue weighted by molar-refractivity contribution is 6.30. The Bertz CT molecular complexity index is 325. The van der Waals surface area contributed by atoms with Crippen LogP contribution in [0.4, 0.5) is 4.39 Å². The summed E-state index contributed by atoms with van der Waals surface area (Å²) in [6.07, 6.45) is 0. The Balaban J connectivity index is 2.61. The topological polar surface area (TPSA) is 12.0 Å². The first-order valence-electron chi connectivity index (χ1n) is 5.18. The maximum absolute atomic E-state index is 13.3. The van der Waals surface area contributed by atoms with Crippen molar-refractivity contribution in [3.63, 3.8) is 0 Å². The predicted octanol–water partition coefficient (Wildman–Crippen LogP) is 3.61.